The summed E-state index contributed by atoms with van der Waals surface area (Å²) < 4.78 is 0. The van der Waals surface area contributed by atoms with Crippen LogP contribution in [0.2, 0.25) is 0 Å². The summed E-state index contributed by atoms with van der Waals surface area (Å²) >= 11 is 1.87. The van der Waals surface area contributed by atoms with Gasteiger partial charge >= 0.3 is 0 Å². The predicted octanol–water partition coefficient (Wildman–Crippen LogP) is 3.97. The molecule has 0 unspecified atom stereocenters. The Labute approximate surface area is 127 Å². The highest BCUT2D eigenvalue weighted by Gasteiger charge is 2.29. The molecule has 0 spiro atoms. The minimum Gasteiger partial charge on any atom is -0.348 e. The maximum atomic E-state index is 4.79. The van der Waals surface area contributed by atoms with Gasteiger partial charge in [0, 0.05) is 30.6 Å². The Morgan fingerprint density at radius 1 is 1.35 bits per heavy atom. The van der Waals surface area contributed by atoms with E-state index in [2.05, 4.69) is 44.8 Å². The third-order valence-corrected chi connectivity index (χ3v) is 5.87. The quantitative estimate of drug-likeness (QED) is 0.891. The first-order valence-electron chi connectivity index (χ1n) is 7.88. The normalized spacial score (nSPS) is 18.8. The number of aryl methyl sites for hydroxylation is 1. The average Bonchev–Trinajstić information content (AvgIpc) is 2.78. The van der Waals surface area contributed by atoms with Gasteiger partial charge in [0.1, 0.15) is 0 Å². The van der Waals surface area contributed by atoms with E-state index in [9.17, 15) is 0 Å². The molecule has 20 heavy (non-hydrogen) atoms. The molecule has 0 bridgehead atoms. The van der Waals surface area contributed by atoms with Crippen molar-refractivity contribution in [1.82, 2.24) is 10.3 Å². The Hall–Kier alpha value is -0.610. The first kappa shape index (κ1) is 15.8. The second-order valence-corrected chi connectivity index (χ2v) is 7.75. The minimum atomic E-state index is 0.528. The average molecular weight is 295 g/mol. The van der Waals surface area contributed by atoms with E-state index in [4.69, 9.17) is 4.98 Å². The fraction of sp³-hybridized carbons (Fsp3) is 0.812. The minimum absolute atomic E-state index is 0.528. The van der Waals surface area contributed by atoms with Crippen molar-refractivity contribution in [1.29, 1.82) is 0 Å². The van der Waals surface area contributed by atoms with Crippen LogP contribution in [0.3, 0.4) is 0 Å². The summed E-state index contributed by atoms with van der Waals surface area (Å²) in [6.45, 7) is 14.5. The zero-order valence-corrected chi connectivity index (χ0v) is 14.4. The highest BCUT2D eigenvalue weighted by Crippen LogP contribution is 2.37. The van der Waals surface area contributed by atoms with Crippen LogP contribution in [0.5, 0.6) is 0 Å². The lowest BCUT2D eigenvalue weighted by atomic mass is 9.78. The molecule has 2 rings (SSSR count). The van der Waals surface area contributed by atoms with Crippen LogP contribution in [0.4, 0.5) is 5.13 Å². The van der Waals surface area contributed by atoms with Gasteiger partial charge in [0.25, 0.3) is 0 Å². The standard InChI is InChI=1S/C16H29N3S/c1-6-16(5)7-9-19(10-8-16)15-18-13(4)14(20-15)11-17-12(2)3/h12,17H,6-11H2,1-5H3. The van der Waals surface area contributed by atoms with Gasteiger partial charge in [0.15, 0.2) is 5.13 Å². The molecule has 1 aliphatic heterocycles. The maximum absolute atomic E-state index is 4.79. The van der Waals surface area contributed by atoms with Gasteiger partial charge in [-0.1, -0.05) is 34.1 Å². The van der Waals surface area contributed by atoms with Crippen LogP contribution in [-0.2, 0) is 6.54 Å². The lowest BCUT2D eigenvalue weighted by Crippen LogP contribution is -2.38. The van der Waals surface area contributed by atoms with E-state index in [1.165, 1.54) is 35.0 Å². The molecule has 1 N–H and O–H groups in total. The van der Waals surface area contributed by atoms with E-state index in [0.717, 1.165) is 19.6 Å². The second-order valence-electron chi connectivity index (χ2n) is 6.69. The van der Waals surface area contributed by atoms with Crippen molar-refractivity contribution >= 4 is 16.5 Å². The molecule has 3 nitrogen and oxygen atoms in total. The van der Waals surface area contributed by atoms with Crippen molar-refractivity contribution in [2.75, 3.05) is 18.0 Å². The van der Waals surface area contributed by atoms with E-state index in [-0.39, 0.29) is 0 Å². The van der Waals surface area contributed by atoms with Crippen LogP contribution in [-0.4, -0.2) is 24.1 Å². The number of piperidine rings is 1. The lowest BCUT2D eigenvalue weighted by molar-refractivity contribution is 0.238. The largest absolute Gasteiger partial charge is 0.348 e. The summed E-state index contributed by atoms with van der Waals surface area (Å²) in [6.07, 6.45) is 3.88. The maximum Gasteiger partial charge on any atom is 0.185 e. The second kappa shape index (κ2) is 6.44. The van der Waals surface area contributed by atoms with Crippen molar-refractivity contribution in [3.05, 3.63) is 10.6 Å². The Balaban J connectivity index is 1.98. The molecular formula is C16H29N3S. The summed E-state index contributed by atoms with van der Waals surface area (Å²) in [5.74, 6) is 0. The van der Waals surface area contributed by atoms with Crippen molar-refractivity contribution in [3.8, 4) is 0 Å². The first-order valence-corrected chi connectivity index (χ1v) is 8.70. The summed E-state index contributed by atoms with van der Waals surface area (Å²) in [5.41, 5.74) is 1.74. The molecule has 1 aromatic heterocycles. The molecule has 0 radical (unpaired) electrons. The molecule has 4 heteroatoms. The van der Waals surface area contributed by atoms with Crippen LogP contribution in [0.1, 0.15) is 57.5 Å². The number of hydrogen-bond acceptors (Lipinski definition) is 4. The Bertz CT molecular complexity index is 431. The van der Waals surface area contributed by atoms with E-state index in [1.807, 2.05) is 11.3 Å². The Kier molecular flexibility index (Phi) is 5.08. The van der Waals surface area contributed by atoms with E-state index >= 15 is 0 Å². The fourth-order valence-electron chi connectivity index (χ4n) is 2.60. The number of nitrogens with one attached hydrogen (secondary N) is 1. The van der Waals surface area contributed by atoms with E-state index in [1.54, 1.807) is 0 Å². The number of rotatable bonds is 5. The molecule has 0 aliphatic carbocycles. The van der Waals surface area contributed by atoms with Gasteiger partial charge in [-0.2, -0.15) is 0 Å². The molecule has 1 fully saturated rings. The molecule has 1 saturated heterocycles. The molecule has 0 aromatic carbocycles. The van der Waals surface area contributed by atoms with Crippen molar-refractivity contribution in [2.45, 2.75) is 66.5 Å². The summed E-state index contributed by atoms with van der Waals surface area (Å²) in [7, 11) is 0. The highest BCUT2D eigenvalue weighted by molar-refractivity contribution is 7.15. The monoisotopic (exact) mass is 295 g/mol. The topological polar surface area (TPSA) is 28.2 Å². The SMILES string of the molecule is CCC1(C)CCN(c2nc(C)c(CNC(C)C)s2)CC1. The van der Waals surface area contributed by atoms with Crippen LogP contribution in [0, 0.1) is 12.3 Å². The third kappa shape index (κ3) is 3.73. The summed E-state index contributed by atoms with van der Waals surface area (Å²) in [4.78, 5) is 8.66. The molecule has 114 valence electrons. The molecule has 0 atom stereocenters. The van der Waals surface area contributed by atoms with Crippen molar-refractivity contribution in [2.24, 2.45) is 5.41 Å². The smallest absolute Gasteiger partial charge is 0.185 e. The van der Waals surface area contributed by atoms with Gasteiger partial charge < -0.3 is 10.2 Å². The first-order chi connectivity index (χ1) is 9.43. The number of anilines is 1. The van der Waals surface area contributed by atoms with Gasteiger partial charge in [0.05, 0.1) is 5.69 Å². The van der Waals surface area contributed by atoms with Gasteiger partial charge in [0.2, 0.25) is 0 Å². The highest BCUT2D eigenvalue weighted by atomic mass is 32.1. The molecular weight excluding hydrogens is 266 g/mol. The van der Waals surface area contributed by atoms with Crippen LogP contribution in [0.25, 0.3) is 0 Å². The molecule has 2 heterocycles. The zero-order chi connectivity index (χ0) is 14.8. The van der Waals surface area contributed by atoms with Gasteiger partial charge in [-0.05, 0) is 25.2 Å². The molecule has 0 amide bonds. The Morgan fingerprint density at radius 3 is 2.55 bits per heavy atom. The van der Waals surface area contributed by atoms with E-state index < -0.39 is 0 Å². The van der Waals surface area contributed by atoms with Crippen LogP contribution >= 0.6 is 11.3 Å². The molecule has 1 aromatic rings. The van der Waals surface area contributed by atoms with E-state index in [0.29, 0.717) is 11.5 Å². The fourth-order valence-corrected chi connectivity index (χ4v) is 3.66. The van der Waals surface area contributed by atoms with Gasteiger partial charge in [-0.25, -0.2) is 4.98 Å². The van der Waals surface area contributed by atoms with Gasteiger partial charge in [-0.3, -0.25) is 0 Å². The third-order valence-electron chi connectivity index (χ3n) is 4.65. The van der Waals surface area contributed by atoms with Crippen molar-refractivity contribution in [3.63, 3.8) is 0 Å². The zero-order valence-electron chi connectivity index (χ0n) is 13.6. The van der Waals surface area contributed by atoms with Gasteiger partial charge in [-0.15, -0.1) is 11.3 Å². The lowest BCUT2D eigenvalue weighted by Gasteiger charge is -2.38. The van der Waals surface area contributed by atoms with Crippen molar-refractivity contribution < 1.29 is 0 Å². The summed E-state index contributed by atoms with van der Waals surface area (Å²) in [5, 5.41) is 4.72. The number of aromatic nitrogens is 1. The Morgan fingerprint density at radius 2 is 2.00 bits per heavy atom. The number of thiazole rings is 1. The number of hydrogen-bond donors (Lipinski definition) is 1. The molecule has 0 saturated carbocycles. The molecule has 1 aliphatic rings. The van der Waals surface area contributed by atoms with Crippen LogP contribution in [0.15, 0.2) is 0 Å². The number of nitrogens with zero attached hydrogens (tertiary/aromatic N) is 2. The predicted molar refractivity (Wildman–Crippen MR) is 88.7 cm³/mol. The summed E-state index contributed by atoms with van der Waals surface area (Å²) in [6, 6.07) is 0.528. The van der Waals surface area contributed by atoms with Crippen LogP contribution < -0.4 is 10.2 Å².